The number of phenolic OH excluding ortho intramolecular Hbond substituents is 1. The first kappa shape index (κ1) is 17.2. The van der Waals surface area contributed by atoms with Crippen molar-refractivity contribution < 1.29 is 9.84 Å². The molecule has 0 aliphatic carbocycles. The van der Waals surface area contributed by atoms with Crippen molar-refractivity contribution in [2.45, 2.75) is 13.3 Å². The van der Waals surface area contributed by atoms with E-state index in [1.165, 1.54) is 12.7 Å². The number of hydrogen-bond donors (Lipinski definition) is 1. The van der Waals surface area contributed by atoms with Gasteiger partial charge in [0.15, 0.2) is 5.82 Å². The molecule has 0 bridgehead atoms. The lowest BCUT2D eigenvalue weighted by molar-refractivity contribution is 0.397. The number of ether oxygens (including phenoxy) is 1. The molecule has 1 N–H and O–H groups in total. The van der Waals surface area contributed by atoms with Gasteiger partial charge in [0.1, 0.15) is 12.1 Å². The average molecular weight is 363 g/mol. The Hall–Kier alpha value is -3.22. The fourth-order valence-electron chi connectivity index (χ4n) is 3.30. The lowest BCUT2D eigenvalue weighted by atomic mass is 10.1. The summed E-state index contributed by atoms with van der Waals surface area (Å²) in [6, 6.07) is 10.9. The van der Waals surface area contributed by atoms with Crippen LogP contribution in [0.2, 0.25) is 0 Å². The third-order valence-electron chi connectivity index (χ3n) is 4.82. The van der Waals surface area contributed by atoms with Crippen molar-refractivity contribution in [1.29, 1.82) is 0 Å². The molecule has 3 aromatic rings. The van der Waals surface area contributed by atoms with Gasteiger partial charge in [-0.15, -0.1) is 10.2 Å². The first-order valence-electron chi connectivity index (χ1n) is 8.92. The van der Waals surface area contributed by atoms with Crippen LogP contribution in [-0.2, 0) is 0 Å². The summed E-state index contributed by atoms with van der Waals surface area (Å²) in [5.41, 5.74) is 2.71. The highest BCUT2D eigenvalue weighted by Gasteiger charge is 2.20. The lowest BCUT2D eigenvalue weighted by Gasteiger charge is -2.16. The normalized spacial score (nSPS) is 16.5. The number of nitrogens with zero attached hydrogens (tertiary/aromatic N) is 5. The molecule has 3 heterocycles. The third-order valence-corrected chi connectivity index (χ3v) is 4.82. The van der Waals surface area contributed by atoms with E-state index < -0.39 is 0 Å². The molecule has 0 radical (unpaired) electrons. The largest absolute Gasteiger partial charge is 0.507 e. The molecule has 7 heteroatoms. The maximum atomic E-state index is 10.5. The standard InChI is InChI=1S/C20H21N5O2/c1-13-7-8-25(11-13)19-6-5-16(23-24-19)15-4-3-14(9-18(15)26)17-10-20(27-2)22-12-21-17/h3-6,9-10,12-13,26H,7-8,11H2,1-2H3. The molecule has 1 aromatic carbocycles. The summed E-state index contributed by atoms with van der Waals surface area (Å²) in [4.78, 5) is 10.5. The minimum atomic E-state index is 0.127. The fraction of sp³-hybridized carbons (Fsp3) is 0.300. The van der Waals surface area contributed by atoms with Crippen molar-refractivity contribution >= 4 is 5.82 Å². The Balaban J connectivity index is 1.59. The van der Waals surface area contributed by atoms with Crippen molar-refractivity contribution in [3.8, 4) is 34.1 Å². The van der Waals surface area contributed by atoms with Crippen molar-refractivity contribution in [3.05, 3.63) is 42.7 Å². The lowest BCUT2D eigenvalue weighted by Crippen LogP contribution is -2.20. The summed E-state index contributed by atoms with van der Waals surface area (Å²) >= 11 is 0. The van der Waals surface area contributed by atoms with Gasteiger partial charge in [0.05, 0.1) is 18.5 Å². The monoisotopic (exact) mass is 363 g/mol. The zero-order chi connectivity index (χ0) is 18.8. The number of aromatic hydroxyl groups is 1. The molecule has 7 nitrogen and oxygen atoms in total. The van der Waals surface area contributed by atoms with Crippen LogP contribution in [0.4, 0.5) is 5.82 Å². The predicted octanol–water partition coefficient (Wildman–Crippen LogP) is 3.16. The molecule has 0 saturated carbocycles. The molecule has 4 rings (SSSR count). The van der Waals surface area contributed by atoms with Crippen molar-refractivity contribution in [2.24, 2.45) is 5.92 Å². The van der Waals surface area contributed by atoms with Crippen LogP contribution in [0.1, 0.15) is 13.3 Å². The molecule has 1 aliphatic rings. The second kappa shape index (κ2) is 7.19. The summed E-state index contributed by atoms with van der Waals surface area (Å²) in [5.74, 6) is 2.17. The first-order chi connectivity index (χ1) is 13.1. The van der Waals surface area contributed by atoms with Gasteiger partial charge in [-0.05, 0) is 36.6 Å². The number of phenols is 1. The van der Waals surface area contributed by atoms with Gasteiger partial charge in [0.25, 0.3) is 0 Å². The highest BCUT2D eigenvalue weighted by atomic mass is 16.5. The van der Waals surface area contributed by atoms with Crippen LogP contribution >= 0.6 is 0 Å². The molecular weight excluding hydrogens is 342 g/mol. The molecule has 0 amide bonds. The molecule has 2 aromatic heterocycles. The zero-order valence-electron chi connectivity index (χ0n) is 15.3. The van der Waals surface area contributed by atoms with Gasteiger partial charge in [-0.3, -0.25) is 0 Å². The second-order valence-corrected chi connectivity index (χ2v) is 6.79. The first-order valence-corrected chi connectivity index (χ1v) is 8.92. The van der Waals surface area contributed by atoms with Crippen LogP contribution < -0.4 is 9.64 Å². The Bertz CT molecular complexity index is 945. The molecule has 1 unspecified atom stereocenters. The van der Waals surface area contributed by atoms with E-state index in [1.807, 2.05) is 24.3 Å². The Morgan fingerprint density at radius 1 is 1.07 bits per heavy atom. The number of hydrogen-bond acceptors (Lipinski definition) is 7. The fourth-order valence-corrected chi connectivity index (χ4v) is 3.30. The van der Waals surface area contributed by atoms with Gasteiger partial charge >= 0.3 is 0 Å². The molecule has 1 atom stereocenters. The van der Waals surface area contributed by atoms with Gasteiger partial charge < -0.3 is 14.7 Å². The van der Waals surface area contributed by atoms with Crippen LogP contribution in [0.3, 0.4) is 0 Å². The highest BCUT2D eigenvalue weighted by Crippen LogP contribution is 2.32. The number of benzene rings is 1. The van der Waals surface area contributed by atoms with Crippen molar-refractivity contribution in [3.63, 3.8) is 0 Å². The Morgan fingerprint density at radius 2 is 1.96 bits per heavy atom. The van der Waals surface area contributed by atoms with Crippen LogP contribution in [0, 0.1) is 5.92 Å². The van der Waals surface area contributed by atoms with E-state index >= 15 is 0 Å². The minimum Gasteiger partial charge on any atom is -0.507 e. The molecule has 1 fully saturated rings. The quantitative estimate of drug-likeness (QED) is 0.762. The van der Waals surface area contributed by atoms with E-state index in [1.54, 1.807) is 19.2 Å². The highest BCUT2D eigenvalue weighted by molar-refractivity contribution is 5.73. The van der Waals surface area contributed by atoms with E-state index in [0.29, 0.717) is 28.7 Å². The average Bonchev–Trinajstić information content (AvgIpc) is 3.14. The zero-order valence-corrected chi connectivity index (χ0v) is 15.3. The van der Waals surface area contributed by atoms with Gasteiger partial charge in [-0.1, -0.05) is 13.0 Å². The predicted molar refractivity (Wildman–Crippen MR) is 103 cm³/mol. The smallest absolute Gasteiger partial charge is 0.216 e. The summed E-state index contributed by atoms with van der Waals surface area (Å²) in [6.45, 7) is 4.27. The maximum Gasteiger partial charge on any atom is 0.216 e. The van der Waals surface area contributed by atoms with Crippen LogP contribution in [-0.4, -0.2) is 45.5 Å². The number of anilines is 1. The molecule has 1 aliphatic heterocycles. The van der Waals surface area contributed by atoms with E-state index in [0.717, 1.165) is 24.5 Å². The second-order valence-electron chi connectivity index (χ2n) is 6.79. The summed E-state index contributed by atoms with van der Waals surface area (Å²) in [7, 11) is 1.55. The molecule has 1 saturated heterocycles. The van der Waals surface area contributed by atoms with Crippen LogP contribution in [0.15, 0.2) is 42.7 Å². The van der Waals surface area contributed by atoms with Crippen LogP contribution in [0.25, 0.3) is 22.5 Å². The number of aromatic nitrogens is 4. The van der Waals surface area contributed by atoms with Crippen LogP contribution in [0.5, 0.6) is 11.6 Å². The maximum absolute atomic E-state index is 10.5. The van der Waals surface area contributed by atoms with Gasteiger partial charge in [0, 0.05) is 30.3 Å². The van der Waals surface area contributed by atoms with Crippen molar-refractivity contribution in [1.82, 2.24) is 20.2 Å². The Labute approximate surface area is 157 Å². The van der Waals surface area contributed by atoms with Gasteiger partial charge in [-0.2, -0.15) is 0 Å². The summed E-state index contributed by atoms with van der Waals surface area (Å²) in [5, 5.41) is 19.2. The third kappa shape index (κ3) is 3.53. The van der Waals surface area contributed by atoms with E-state index in [-0.39, 0.29) is 5.75 Å². The minimum absolute atomic E-state index is 0.127. The Morgan fingerprint density at radius 3 is 2.63 bits per heavy atom. The van der Waals surface area contributed by atoms with Gasteiger partial charge in [-0.25, -0.2) is 9.97 Å². The molecule has 0 spiro atoms. The summed E-state index contributed by atoms with van der Waals surface area (Å²) in [6.07, 6.45) is 2.61. The number of methoxy groups -OCH3 is 1. The van der Waals surface area contributed by atoms with Crippen molar-refractivity contribution in [2.75, 3.05) is 25.1 Å². The molecule has 27 heavy (non-hydrogen) atoms. The van der Waals surface area contributed by atoms with E-state index in [4.69, 9.17) is 4.74 Å². The Kier molecular flexibility index (Phi) is 4.58. The number of rotatable bonds is 4. The topological polar surface area (TPSA) is 84.3 Å². The molecule has 138 valence electrons. The SMILES string of the molecule is COc1cc(-c2ccc(-c3ccc(N4CCC(C)C4)nn3)c(O)c2)ncn1. The summed E-state index contributed by atoms with van der Waals surface area (Å²) < 4.78 is 5.12. The van der Waals surface area contributed by atoms with Gasteiger partial charge in [0.2, 0.25) is 5.88 Å². The van der Waals surface area contributed by atoms with E-state index in [2.05, 4.69) is 32.0 Å². The molecular formula is C20H21N5O2. The van der Waals surface area contributed by atoms with E-state index in [9.17, 15) is 5.11 Å².